The zero-order chi connectivity index (χ0) is 25.2. The molecule has 2 atom stereocenters. The minimum atomic E-state index is -0.602. The molecule has 0 fully saturated rings. The first kappa shape index (κ1) is 23.6. The molecule has 8 heteroatoms. The molecule has 0 amide bonds. The first-order valence-electron chi connectivity index (χ1n) is 11.3. The van der Waals surface area contributed by atoms with Gasteiger partial charge in [0.25, 0.3) is 5.56 Å². The maximum atomic E-state index is 13.5. The van der Waals surface area contributed by atoms with Crippen molar-refractivity contribution in [2.75, 3.05) is 5.73 Å². The van der Waals surface area contributed by atoms with Crippen LogP contribution in [-0.4, -0.2) is 10.8 Å². The molecule has 0 saturated carbocycles. The van der Waals surface area contributed by atoms with E-state index in [1.165, 1.54) is 30.3 Å². The Kier molecular flexibility index (Phi) is 6.48. The second-order valence-corrected chi connectivity index (χ2v) is 8.95. The summed E-state index contributed by atoms with van der Waals surface area (Å²) >= 11 is 6.13. The third-order valence-electron chi connectivity index (χ3n) is 6.10. The molecule has 5 rings (SSSR count). The van der Waals surface area contributed by atoms with E-state index in [0.717, 1.165) is 5.56 Å². The molecule has 0 saturated heterocycles. The zero-order valence-electron chi connectivity index (χ0n) is 19.0. The highest BCUT2D eigenvalue weighted by Gasteiger charge is 2.30. The quantitative estimate of drug-likeness (QED) is 0.327. The van der Waals surface area contributed by atoms with Crippen LogP contribution in [0.3, 0.4) is 0 Å². The number of halogens is 3. The lowest BCUT2D eigenvalue weighted by Crippen LogP contribution is -2.39. The first-order valence-corrected chi connectivity index (χ1v) is 11.7. The molecule has 2 unspecified atom stereocenters. The Balaban J connectivity index is 1.48. The van der Waals surface area contributed by atoms with Crippen LogP contribution in [-0.2, 0) is 11.2 Å². The van der Waals surface area contributed by atoms with Crippen LogP contribution in [0.5, 0.6) is 0 Å². The van der Waals surface area contributed by atoms with Crippen LogP contribution in [0.1, 0.15) is 17.2 Å². The van der Waals surface area contributed by atoms with Gasteiger partial charge in [0, 0.05) is 40.3 Å². The molecule has 3 N–H and O–H groups in total. The zero-order valence-corrected chi connectivity index (χ0v) is 19.8. The lowest BCUT2D eigenvalue weighted by atomic mass is 10.0. The van der Waals surface area contributed by atoms with Gasteiger partial charge < -0.3 is 20.4 Å². The number of hydrogen-bond donors (Lipinski definition) is 2. The van der Waals surface area contributed by atoms with Crippen molar-refractivity contribution in [2.45, 2.75) is 18.7 Å². The lowest BCUT2D eigenvalue weighted by molar-refractivity contribution is 0.108. The molecule has 1 aliphatic heterocycles. The van der Waals surface area contributed by atoms with Crippen LogP contribution in [0.25, 0.3) is 16.9 Å². The van der Waals surface area contributed by atoms with E-state index in [2.05, 4.69) is 5.32 Å². The number of pyridine rings is 1. The number of nitrogens with one attached hydrogen (secondary N) is 1. The average Bonchev–Trinajstić information content (AvgIpc) is 3.36. The SMILES string of the molecule is Nc1ccc(Cl)cc1-c1ccn(C(Cc2ccc(F)cc2)C2NC=C(c3ccc(F)cc3)O2)c(=O)c1. The number of benzene rings is 3. The summed E-state index contributed by atoms with van der Waals surface area (Å²) in [5.74, 6) is -0.157. The van der Waals surface area contributed by atoms with Crippen molar-refractivity contribution in [3.05, 3.63) is 129 Å². The summed E-state index contributed by atoms with van der Waals surface area (Å²) in [6.45, 7) is 0. The molecule has 1 aromatic heterocycles. The van der Waals surface area contributed by atoms with Crippen molar-refractivity contribution in [2.24, 2.45) is 0 Å². The summed E-state index contributed by atoms with van der Waals surface area (Å²) in [5.41, 5.74) is 9.18. The van der Waals surface area contributed by atoms with E-state index in [0.29, 0.717) is 39.6 Å². The predicted octanol–water partition coefficient (Wildman–Crippen LogP) is 5.76. The molecule has 2 heterocycles. The summed E-state index contributed by atoms with van der Waals surface area (Å²) in [6.07, 6.45) is 3.17. The topological polar surface area (TPSA) is 69.3 Å². The molecular formula is C28H22ClF2N3O2. The Morgan fingerprint density at radius 3 is 2.33 bits per heavy atom. The van der Waals surface area contributed by atoms with Crippen LogP contribution >= 0.6 is 11.6 Å². The van der Waals surface area contributed by atoms with Gasteiger partial charge in [-0.2, -0.15) is 0 Å². The molecular weight excluding hydrogens is 484 g/mol. The Bertz CT molecular complexity index is 1480. The summed E-state index contributed by atoms with van der Waals surface area (Å²) in [5, 5.41) is 3.71. The summed E-state index contributed by atoms with van der Waals surface area (Å²) in [6, 6.07) is 20.0. The predicted molar refractivity (Wildman–Crippen MR) is 137 cm³/mol. The highest BCUT2D eigenvalue weighted by Crippen LogP contribution is 2.31. The van der Waals surface area contributed by atoms with Crippen LogP contribution in [0.4, 0.5) is 14.5 Å². The summed E-state index contributed by atoms with van der Waals surface area (Å²) in [4.78, 5) is 13.3. The van der Waals surface area contributed by atoms with Gasteiger partial charge in [0.05, 0.1) is 6.04 Å². The van der Waals surface area contributed by atoms with Crippen molar-refractivity contribution in [1.82, 2.24) is 9.88 Å². The number of nitrogens with two attached hydrogens (primary N) is 1. The second-order valence-electron chi connectivity index (χ2n) is 8.51. The number of ether oxygens (including phenoxy) is 1. The largest absolute Gasteiger partial charge is 0.466 e. The standard InChI is InChI=1S/C28H22ClF2N3O2/c29-20-5-10-24(32)23(15-20)19-11-12-34(27(35)14-19)25(13-17-1-6-21(30)7-2-17)28-33-16-26(36-28)18-3-8-22(31)9-4-18/h1-12,14-16,25,28,33H,13,32H2. The van der Waals surface area contributed by atoms with Gasteiger partial charge in [0.15, 0.2) is 6.23 Å². The summed E-state index contributed by atoms with van der Waals surface area (Å²) < 4.78 is 34.6. The van der Waals surface area contributed by atoms with Crippen molar-refractivity contribution < 1.29 is 13.5 Å². The van der Waals surface area contributed by atoms with Gasteiger partial charge in [-0.05, 0) is 78.2 Å². The van der Waals surface area contributed by atoms with Gasteiger partial charge >= 0.3 is 0 Å². The van der Waals surface area contributed by atoms with E-state index in [1.807, 2.05) is 0 Å². The van der Waals surface area contributed by atoms with Gasteiger partial charge in [-0.1, -0.05) is 23.7 Å². The maximum absolute atomic E-state index is 13.5. The monoisotopic (exact) mass is 505 g/mol. The molecule has 0 aliphatic carbocycles. The van der Waals surface area contributed by atoms with Gasteiger partial charge in [0.2, 0.25) is 0 Å². The fourth-order valence-corrected chi connectivity index (χ4v) is 4.41. The second kappa shape index (κ2) is 9.87. The minimum Gasteiger partial charge on any atom is -0.466 e. The third-order valence-corrected chi connectivity index (χ3v) is 6.34. The third kappa shape index (κ3) is 4.97. The fourth-order valence-electron chi connectivity index (χ4n) is 4.24. The molecule has 1 aliphatic rings. The van der Waals surface area contributed by atoms with Crippen LogP contribution in [0.15, 0.2) is 96.1 Å². The van der Waals surface area contributed by atoms with E-state index >= 15 is 0 Å². The smallest absolute Gasteiger partial charge is 0.251 e. The molecule has 4 aromatic rings. The Morgan fingerprint density at radius 1 is 0.944 bits per heavy atom. The molecule has 0 bridgehead atoms. The van der Waals surface area contributed by atoms with Gasteiger partial charge in [-0.15, -0.1) is 0 Å². The van der Waals surface area contributed by atoms with E-state index < -0.39 is 12.3 Å². The molecule has 3 aromatic carbocycles. The van der Waals surface area contributed by atoms with Crippen molar-refractivity contribution >= 4 is 23.0 Å². The number of nitrogens with zero attached hydrogens (tertiary/aromatic N) is 1. The summed E-state index contributed by atoms with van der Waals surface area (Å²) in [7, 11) is 0. The van der Waals surface area contributed by atoms with Crippen LogP contribution < -0.4 is 16.6 Å². The number of aromatic nitrogens is 1. The Labute approximate surface area is 211 Å². The first-order chi connectivity index (χ1) is 17.4. The Hall–Kier alpha value is -4.10. The van der Waals surface area contributed by atoms with E-state index in [1.54, 1.807) is 65.5 Å². The van der Waals surface area contributed by atoms with Crippen LogP contribution in [0, 0.1) is 11.6 Å². The van der Waals surface area contributed by atoms with E-state index in [4.69, 9.17) is 22.1 Å². The fraction of sp³-hybridized carbons (Fsp3) is 0.107. The van der Waals surface area contributed by atoms with Gasteiger partial charge in [0.1, 0.15) is 17.4 Å². The highest BCUT2D eigenvalue weighted by atomic mass is 35.5. The maximum Gasteiger partial charge on any atom is 0.251 e. The van der Waals surface area contributed by atoms with E-state index in [-0.39, 0.29) is 17.2 Å². The number of rotatable bonds is 6. The van der Waals surface area contributed by atoms with Crippen molar-refractivity contribution in [1.29, 1.82) is 0 Å². The highest BCUT2D eigenvalue weighted by molar-refractivity contribution is 6.31. The molecule has 5 nitrogen and oxygen atoms in total. The molecule has 0 spiro atoms. The average molecular weight is 506 g/mol. The molecule has 36 heavy (non-hydrogen) atoms. The minimum absolute atomic E-state index is 0.264. The van der Waals surface area contributed by atoms with Gasteiger partial charge in [-0.3, -0.25) is 4.79 Å². The van der Waals surface area contributed by atoms with Crippen molar-refractivity contribution in [3.63, 3.8) is 0 Å². The lowest BCUT2D eigenvalue weighted by Gasteiger charge is -2.27. The number of nitrogen functional groups attached to an aromatic ring is 1. The Morgan fingerprint density at radius 2 is 1.64 bits per heavy atom. The van der Waals surface area contributed by atoms with Crippen LogP contribution in [0.2, 0.25) is 5.02 Å². The number of hydrogen-bond acceptors (Lipinski definition) is 4. The molecule has 0 radical (unpaired) electrons. The number of anilines is 1. The van der Waals surface area contributed by atoms with Gasteiger partial charge in [-0.25, -0.2) is 8.78 Å². The normalized spacial score (nSPS) is 15.6. The van der Waals surface area contributed by atoms with Crippen molar-refractivity contribution in [3.8, 4) is 11.1 Å². The van der Waals surface area contributed by atoms with E-state index in [9.17, 15) is 13.6 Å². The molecule has 182 valence electrons.